The Morgan fingerprint density at radius 3 is 1.40 bits per heavy atom. The second-order valence-corrected chi connectivity index (χ2v) is 15.3. The summed E-state index contributed by atoms with van der Waals surface area (Å²) in [7, 11) is 0. The summed E-state index contributed by atoms with van der Waals surface area (Å²) in [6.45, 7) is 0. The molecule has 0 saturated heterocycles. The van der Waals surface area contributed by atoms with Crippen molar-refractivity contribution in [1.82, 2.24) is 4.57 Å². The van der Waals surface area contributed by atoms with Gasteiger partial charge in [-0.2, -0.15) is 0 Å². The molecule has 10 aromatic carbocycles. The molecule has 0 amide bonds. The molecule has 282 valence electrons. The summed E-state index contributed by atoms with van der Waals surface area (Å²) >= 11 is 0. The van der Waals surface area contributed by atoms with E-state index >= 15 is 0 Å². The lowest BCUT2D eigenvalue weighted by Gasteiger charge is -2.30. The van der Waals surface area contributed by atoms with Crippen LogP contribution in [-0.2, 0) is 0 Å². The van der Waals surface area contributed by atoms with Gasteiger partial charge >= 0.3 is 0 Å². The Kier molecular flexibility index (Phi) is 8.87. The number of benzene rings is 10. The summed E-state index contributed by atoms with van der Waals surface area (Å²) in [5, 5.41) is 4.99. The van der Waals surface area contributed by atoms with Gasteiger partial charge in [-0.15, -0.1) is 0 Å². The maximum Gasteiger partial charge on any atom is 0.0541 e. The second kappa shape index (κ2) is 15.1. The van der Waals surface area contributed by atoms with Crippen molar-refractivity contribution < 1.29 is 0 Å². The number of fused-ring (bicyclic) bond motifs is 4. The summed E-state index contributed by atoms with van der Waals surface area (Å²) in [5.74, 6) is 0. The Bertz CT molecular complexity index is 3250. The van der Waals surface area contributed by atoms with E-state index in [1.165, 1.54) is 82.8 Å². The van der Waals surface area contributed by atoms with Crippen molar-refractivity contribution in [2.75, 3.05) is 4.90 Å². The second-order valence-electron chi connectivity index (χ2n) is 15.3. The molecule has 11 rings (SSSR count). The summed E-state index contributed by atoms with van der Waals surface area (Å²) < 4.78 is 2.41. The highest BCUT2D eigenvalue weighted by Gasteiger charge is 2.21. The number of hydrogen-bond donors (Lipinski definition) is 0. The van der Waals surface area contributed by atoms with Crippen LogP contribution in [0.4, 0.5) is 17.1 Å². The van der Waals surface area contributed by atoms with Crippen LogP contribution in [0.15, 0.2) is 243 Å². The van der Waals surface area contributed by atoms with E-state index < -0.39 is 0 Å². The summed E-state index contributed by atoms with van der Waals surface area (Å²) in [4.78, 5) is 2.42. The van der Waals surface area contributed by atoms with Crippen LogP contribution < -0.4 is 4.90 Å². The Hall–Kier alpha value is -7.94. The minimum Gasteiger partial charge on any atom is -0.309 e. The molecule has 0 aliphatic heterocycles. The maximum absolute atomic E-state index is 2.42. The molecule has 1 heterocycles. The minimum absolute atomic E-state index is 1.09. The van der Waals surface area contributed by atoms with E-state index in [-0.39, 0.29) is 0 Å². The zero-order valence-electron chi connectivity index (χ0n) is 33.0. The summed E-state index contributed by atoms with van der Waals surface area (Å²) in [5.41, 5.74) is 16.4. The lowest BCUT2D eigenvalue weighted by molar-refractivity contribution is 1.18. The topological polar surface area (TPSA) is 8.17 Å². The predicted octanol–water partition coefficient (Wildman–Crippen LogP) is 16.1. The quantitative estimate of drug-likeness (QED) is 0.150. The van der Waals surface area contributed by atoms with Crippen molar-refractivity contribution in [2.24, 2.45) is 0 Å². The third-order valence-corrected chi connectivity index (χ3v) is 11.8. The van der Waals surface area contributed by atoms with Gasteiger partial charge in [0.15, 0.2) is 0 Å². The van der Waals surface area contributed by atoms with Crippen LogP contribution in [0, 0.1) is 0 Å². The molecule has 1 aromatic heterocycles. The van der Waals surface area contributed by atoms with Crippen LogP contribution in [-0.4, -0.2) is 4.57 Å². The standard InChI is InChI=1S/C58H40N2/c1-2-17-44(18-3-1)49-20-6-11-25-54(49)59(55-26-12-8-22-51(55)47-35-32-41-16-4-5-19-46(41)40-47)48-38-36-43(37-39-48)42-30-33-45(34-31-42)50-21-7-13-27-56(50)60-57-28-14-9-23-52(57)53-24-10-15-29-58(53)60/h1-40H. The van der Waals surface area contributed by atoms with Gasteiger partial charge in [0.1, 0.15) is 0 Å². The molecular weight excluding hydrogens is 725 g/mol. The van der Waals surface area contributed by atoms with Crippen LogP contribution in [0.3, 0.4) is 0 Å². The molecule has 0 saturated carbocycles. The lowest BCUT2D eigenvalue weighted by Crippen LogP contribution is -2.12. The fourth-order valence-corrected chi connectivity index (χ4v) is 8.95. The largest absolute Gasteiger partial charge is 0.309 e. The van der Waals surface area contributed by atoms with Gasteiger partial charge in [-0.1, -0.05) is 194 Å². The molecular formula is C58H40N2. The first-order valence-corrected chi connectivity index (χ1v) is 20.6. The monoisotopic (exact) mass is 764 g/mol. The van der Waals surface area contributed by atoms with E-state index in [9.17, 15) is 0 Å². The predicted molar refractivity (Wildman–Crippen MR) is 255 cm³/mol. The Balaban J connectivity index is 0.988. The van der Waals surface area contributed by atoms with Gasteiger partial charge in [0, 0.05) is 33.2 Å². The van der Waals surface area contributed by atoms with Crippen molar-refractivity contribution >= 4 is 49.6 Å². The van der Waals surface area contributed by atoms with Crippen LogP contribution in [0.5, 0.6) is 0 Å². The van der Waals surface area contributed by atoms with E-state index in [2.05, 4.69) is 252 Å². The first kappa shape index (κ1) is 35.2. The maximum atomic E-state index is 2.42. The Morgan fingerprint density at radius 2 is 0.733 bits per heavy atom. The van der Waals surface area contributed by atoms with Gasteiger partial charge in [-0.3, -0.25) is 0 Å². The molecule has 0 N–H and O–H groups in total. The van der Waals surface area contributed by atoms with E-state index in [1.807, 2.05) is 0 Å². The molecule has 11 aromatic rings. The van der Waals surface area contributed by atoms with E-state index in [0.717, 1.165) is 17.1 Å². The number of nitrogens with zero attached hydrogens (tertiary/aromatic N) is 2. The normalized spacial score (nSPS) is 11.3. The first-order chi connectivity index (χ1) is 29.8. The molecule has 0 spiro atoms. The van der Waals surface area contributed by atoms with Crippen molar-refractivity contribution in [3.63, 3.8) is 0 Å². The van der Waals surface area contributed by atoms with E-state index in [0.29, 0.717) is 0 Å². The molecule has 0 atom stereocenters. The van der Waals surface area contributed by atoms with Crippen molar-refractivity contribution in [3.05, 3.63) is 243 Å². The molecule has 0 aliphatic rings. The highest BCUT2D eigenvalue weighted by atomic mass is 15.1. The van der Waals surface area contributed by atoms with E-state index in [1.54, 1.807) is 0 Å². The molecule has 0 fully saturated rings. The minimum atomic E-state index is 1.09. The SMILES string of the molecule is c1ccc(-c2ccccc2N(c2ccc(-c3ccc(-c4ccccc4-n4c5ccccc5c5ccccc54)cc3)cc2)c2ccccc2-c2ccc3ccccc3c2)cc1. The molecule has 60 heavy (non-hydrogen) atoms. The number of hydrogen-bond acceptors (Lipinski definition) is 1. The average Bonchev–Trinajstić information content (AvgIpc) is 3.67. The third kappa shape index (κ3) is 6.23. The zero-order valence-corrected chi connectivity index (χ0v) is 33.0. The smallest absolute Gasteiger partial charge is 0.0541 e. The zero-order chi connectivity index (χ0) is 39.8. The van der Waals surface area contributed by atoms with Crippen LogP contribution in [0.2, 0.25) is 0 Å². The number of anilines is 3. The van der Waals surface area contributed by atoms with Gasteiger partial charge < -0.3 is 9.47 Å². The number of aromatic nitrogens is 1. The summed E-state index contributed by atoms with van der Waals surface area (Å²) in [6, 6.07) is 87.8. The van der Waals surface area contributed by atoms with Gasteiger partial charge in [-0.25, -0.2) is 0 Å². The van der Waals surface area contributed by atoms with Crippen molar-refractivity contribution in [3.8, 4) is 50.2 Å². The Labute approximate surface area is 350 Å². The molecule has 0 aliphatic carbocycles. The molecule has 0 radical (unpaired) electrons. The third-order valence-electron chi connectivity index (χ3n) is 11.8. The molecule has 2 heteroatoms. The summed E-state index contributed by atoms with van der Waals surface area (Å²) in [6.07, 6.45) is 0. The highest BCUT2D eigenvalue weighted by Crippen LogP contribution is 2.45. The van der Waals surface area contributed by atoms with Gasteiger partial charge in [0.2, 0.25) is 0 Å². The molecule has 0 unspecified atom stereocenters. The van der Waals surface area contributed by atoms with Gasteiger partial charge in [0.25, 0.3) is 0 Å². The van der Waals surface area contributed by atoms with E-state index in [4.69, 9.17) is 0 Å². The van der Waals surface area contributed by atoms with Crippen molar-refractivity contribution in [1.29, 1.82) is 0 Å². The Morgan fingerprint density at radius 1 is 0.283 bits per heavy atom. The molecule has 0 bridgehead atoms. The highest BCUT2D eigenvalue weighted by molar-refractivity contribution is 6.09. The van der Waals surface area contributed by atoms with Crippen molar-refractivity contribution in [2.45, 2.75) is 0 Å². The molecule has 2 nitrogen and oxygen atoms in total. The van der Waals surface area contributed by atoms with Crippen LogP contribution >= 0.6 is 0 Å². The average molecular weight is 765 g/mol. The van der Waals surface area contributed by atoms with Crippen LogP contribution in [0.25, 0.3) is 82.8 Å². The van der Waals surface area contributed by atoms with Gasteiger partial charge in [-0.05, 0) is 87.1 Å². The number of para-hydroxylation sites is 5. The fourth-order valence-electron chi connectivity index (χ4n) is 8.95. The fraction of sp³-hybridized carbons (Fsp3) is 0. The van der Waals surface area contributed by atoms with Crippen LogP contribution in [0.1, 0.15) is 0 Å². The van der Waals surface area contributed by atoms with Gasteiger partial charge in [0.05, 0.1) is 28.1 Å². The number of rotatable bonds is 8. The first-order valence-electron chi connectivity index (χ1n) is 20.6. The lowest BCUT2D eigenvalue weighted by atomic mass is 9.96.